The summed E-state index contributed by atoms with van der Waals surface area (Å²) in [6.45, 7) is 6.21. The number of nitrogens with one attached hydrogen (secondary N) is 1. The molecule has 0 spiro atoms. The molecule has 110 valence electrons. The quantitative estimate of drug-likeness (QED) is 0.809. The number of hydrogen-bond donors (Lipinski definition) is 2. The number of carbonyl (C=O) groups excluding carboxylic acids is 1. The zero-order valence-electron chi connectivity index (χ0n) is 12.1. The molecular formula is C13H24N2O4. The van der Waals surface area contributed by atoms with Crippen LogP contribution in [-0.2, 0) is 9.53 Å². The average molecular weight is 272 g/mol. The van der Waals surface area contributed by atoms with E-state index in [1.54, 1.807) is 20.8 Å². The van der Waals surface area contributed by atoms with Crippen LogP contribution < -0.4 is 5.32 Å². The first-order valence-corrected chi connectivity index (χ1v) is 6.61. The number of aliphatic carboxylic acids is 1. The first-order chi connectivity index (χ1) is 8.69. The average Bonchev–Trinajstić information content (AvgIpc) is 2.60. The van der Waals surface area contributed by atoms with Crippen molar-refractivity contribution in [3.05, 3.63) is 0 Å². The molecule has 1 amide bonds. The van der Waals surface area contributed by atoms with Crippen LogP contribution in [0, 0.1) is 0 Å². The van der Waals surface area contributed by atoms with E-state index in [1.807, 2.05) is 7.05 Å². The van der Waals surface area contributed by atoms with E-state index in [0.29, 0.717) is 6.42 Å². The number of ether oxygens (including phenoxy) is 1. The molecule has 2 atom stereocenters. The zero-order chi connectivity index (χ0) is 14.6. The van der Waals surface area contributed by atoms with Crippen LogP contribution in [0.25, 0.3) is 0 Å². The van der Waals surface area contributed by atoms with Crippen LogP contribution in [0.15, 0.2) is 0 Å². The van der Waals surface area contributed by atoms with Crippen molar-refractivity contribution in [1.29, 1.82) is 0 Å². The minimum atomic E-state index is -1.02. The predicted octanol–water partition coefficient (Wildman–Crippen LogP) is 1.45. The fraction of sp³-hybridized carbons (Fsp3) is 0.846. The monoisotopic (exact) mass is 272 g/mol. The van der Waals surface area contributed by atoms with Crippen molar-refractivity contribution in [1.82, 2.24) is 10.2 Å². The lowest BCUT2D eigenvalue weighted by Gasteiger charge is -2.25. The van der Waals surface area contributed by atoms with E-state index < -0.39 is 23.7 Å². The molecule has 0 saturated carbocycles. The van der Waals surface area contributed by atoms with Gasteiger partial charge in [0.1, 0.15) is 11.6 Å². The van der Waals surface area contributed by atoms with Gasteiger partial charge in [0.05, 0.1) is 0 Å². The lowest BCUT2D eigenvalue weighted by molar-refractivity contribution is -0.140. The molecule has 0 aromatic heterocycles. The Hall–Kier alpha value is -1.30. The van der Waals surface area contributed by atoms with E-state index in [9.17, 15) is 14.7 Å². The first kappa shape index (κ1) is 15.8. The van der Waals surface area contributed by atoms with Crippen LogP contribution in [0.3, 0.4) is 0 Å². The van der Waals surface area contributed by atoms with E-state index in [0.717, 1.165) is 19.4 Å². The summed E-state index contributed by atoms with van der Waals surface area (Å²) in [5.74, 6) is -1.02. The number of nitrogens with zero attached hydrogens (tertiary/aromatic N) is 1. The number of carbonyl (C=O) groups is 2. The van der Waals surface area contributed by atoms with Gasteiger partial charge in [-0.25, -0.2) is 9.59 Å². The van der Waals surface area contributed by atoms with Gasteiger partial charge in [-0.05, 0) is 53.6 Å². The van der Waals surface area contributed by atoms with Crippen molar-refractivity contribution in [3.8, 4) is 0 Å². The fourth-order valence-electron chi connectivity index (χ4n) is 2.22. The topological polar surface area (TPSA) is 78.9 Å². The fourth-order valence-corrected chi connectivity index (χ4v) is 2.22. The Labute approximate surface area is 114 Å². The molecule has 2 unspecified atom stereocenters. The summed E-state index contributed by atoms with van der Waals surface area (Å²) in [5.41, 5.74) is -0.628. The normalized spacial score (nSPS) is 22.0. The summed E-state index contributed by atoms with van der Waals surface area (Å²) in [7, 11) is 1.98. The Morgan fingerprint density at radius 2 is 2.11 bits per heavy atom. The highest BCUT2D eigenvalue weighted by molar-refractivity contribution is 5.80. The molecule has 6 heteroatoms. The van der Waals surface area contributed by atoms with E-state index >= 15 is 0 Å². The number of amides is 1. The third-order valence-electron chi connectivity index (χ3n) is 3.17. The molecule has 6 nitrogen and oxygen atoms in total. The molecule has 1 saturated heterocycles. The van der Waals surface area contributed by atoms with Gasteiger partial charge in [0.15, 0.2) is 0 Å². The number of likely N-dealkylation sites (tertiary alicyclic amines) is 1. The molecule has 0 aromatic rings. The summed E-state index contributed by atoms with van der Waals surface area (Å²) in [4.78, 5) is 25.0. The zero-order valence-corrected chi connectivity index (χ0v) is 12.1. The second-order valence-corrected chi connectivity index (χ2v) is 6.05. The standard InChI is InChI=1S/C13H24N2O4/c1-13(2,3)19-12(18)14-10(11(16)17)8-9-6-5-7-15(9)4/h9-10H,5-8H2,1-4H3,(H,14,18)(H,16,17). The second kappa shape index (κ2) is 6.23. The highest BCUT2D eigenvalue weighted by atomic mass is 16.6. The molecule has 0 bridgehead atoms. The minimum absolute atomic E-state index is 0.205. The number of rotatable bonds is 4. The van der Waals surface area contributed by atoms with Crippen molar-refractivity contribution < 1.29 is 19.4 Å². The van der Waals surface area contributed by atoms with Crippen LogP contribution in [0.4, 0.5) is 4.79 Å². The molecule has 0 aromatic carbocycles. The Bertz CT molecular complexity index is 338. The lowest BCUT2D eigenvalue weighted by atomic mass is 10.1. The lowest BCUT2D eigenvalue weighted by Crippen LogP contribution is -2.46. The van der Waals surface area contributed by atoms with Crippen molar-refractivity contribution >= 4 is 12.1 Å². The summed E-state index contributed by atoms with van der Waals surface area (Å²) in [5, 5.41) is 11.6. The molecule has 1 aliphatic heterocycles. The smallest absolute Gasteiger partial charge is 0.408 e. The molecule has 19 heavy (non-hydrogen) atoms. The molecule has 1 heterocycles. The number of hydrogen-bond acceptors (Lipinski definition) is 4. The van der Waals surface area contributed by atoms with Crippen LogP contribution in [0.2, 0.25) is 0 Å². The van der Waals surface area contributed by atoms with Gasteiger partial charge in [-0.2, -0.15) is 0 Å². The molecule has 1 fully saturated rings. The predicted molar refractivity (Wildman–Crippen MR) is 71.1 cm³/mol. The highest BCUT2D eigenvalue weighted by Crippen LogP contribution is 2.19. The third kappa shape index (κ3) is 5.46. The van der Waals surface area contributed by atoms with Gasteiger partial charge in [0.2, 0.25) is 0 Å². The number of carboxylic acids is 1. The van der Waals surface area contributed by atoms with E-state index in [-0.39, 0.29) is 6.04 Å². The SMILES string of the molecule is CN1CCCC1CC(NC(=O)OC(C)(C)C)C(=O)O. The molecule has 1 rings (SSSR count). The first-order valence-electron chi connectivity index (χ1n) is 6.61. The van der Waals surface area contributed by atoms with Gasteiger partial charge in [-0.15, -0.1) is 0 Å². The van der Waals surface area contributed by atoms with Crippen LogP contribution >= 0.6 is 0 Å². The maximum atomic E-state index is 11.6. The van der Waals surface area contributed by atoms with Gasteiger partial charge < -0.3 is 20.1 Å². The Balaban J connectivity index is 2.53. The largest absolute Gasteiger partial charge is 0.480 e. The van der Waals surface area contributed by atoms with Gasteiger partial charge in [0, 0.05) is 6.04 Å². The molecule has 1 aliphatic rings. The van der Waals surface area contributed by atoms with E-state index in [4.69, 9.17) is 4.74 Å². The van der Waals surface area contributed by atoms with Crippen LogP contribution in [0.5, 0.6) is 0 Å². The minimum Gasteiger partial charge on any atom is -0.480 e. The summed E-state index contributed by atoms with van der Waals surface area (Å²) < 4.78 is 5.08. The number of carboxylic acid groups (broad SMARTS) is 1. The molecular weight excluding hydrogens is 248 g/mol. The summed E-state index contributed by atoms with van der Waals surface area (Å²) >= 11 is 0. The number of alkyl carbamates (subject to hydrolysis) is 1. The third-order valence-corrected chi connectivity index (χ3v) is 3.17. The van der Waals surface area contributed by atoms with Gasteiger partial charge in [-0.1, -0.05) is 0 Å². The molecule has 0 radical (unpaired) electrons. The van der Waals surface area contributed by atoms with Gasteiger partial charge in [0.25, 0.3) is 0 Å². The van der Waals surface area contributed by atoms with E-state index in [1.165, 1.54) is 0 Å². The molecule has 0 aliphatic carbocycles. The van der Waals surface area contributed by atoms with Crippen LogP contribution in [-0.4, -0.2) is 53.3 Å². The van der Waals surface area contributed by atoms with Crippen molar-refractivity contribution in [2.75, 3.05) is 13.6 Å². The van der Waals surface area contributed by atoms with Crippen molar-refractivity contribution in [2.24, 2.45) is 0 Å². The molecule has 2 N–H and O–H groups in total. The van der Waals surface area contributed by atoms with Gasteiger partial charge >= 0.3 is 12.1 Å². The summed E-state index contributed by atoms with van der Waals surface area (Å²) in [6, 6.07) is -0.698. The van der Waals surface area contributed by atoms with Crippen LogP contribution in [0.1, 0.15) is 40.0 Å². The Kier molecular flexibility index (Phi) is 5.17. The second-order valence-electron chi connectivity index (χ2n) is 6.05. The summed E-state index contributed by atoms with van der Waals surface area (Å²) in [6.07, 6.45) is 1.77. The maximum absolute atomic E-state index is 11.6. The Morgan fingerprint density at radius 3 is 2.53 bits per heavy atom. The van der Waals surface area contributed by atoms with Gasteiger partial charge in [-0.3, -0.25) is 0 Å². The maximum Gasteiger partial charge on any atom is 0.408 e. The highest BCUT2D eigenvalue weighted by Gasteiger charge is 2.30. The van der Waals surface area contributed by atoms with Crippen molar-refractivity contribution in [3.63, 3.8) is 0 Å². The van der Waals surface area contributed by atoms with Crippen molar-refractivity contribution in [2.45, 2.75) is 57.7 Å². The van der Waals surface area contributed by atoms with E-state index in [2.05, 4.69) is 10.2 Å². The Morgan fingerprint density at radius 1 is 1.47 bits per heavy atom.